The number of hydrogen-bond acceptors (Lipinski definition) is 3. The van der Waals surface area contributed by atoms with Crippen molar-refractivity contribution in [2.45, 2.75) is 52.3 Å². The van der Waals surface area contributed by atoms with Gasteiger partial charge < -0.3 is 9.64 Å². The molecule has 4 nitrogen and oxygen atoms in total. The third-order valence-electron chi connectivity index (χ3n) is 4.18. The van der Waals surface area contributed by atoms with Crippen molar-refractivity contribution in [2.24, 2.45) is 0 Å². The number of carbonyl (C=O) groups excluding carboxylic acids is 1. The Hall–Kier alpha value is -1.07. The number of halogens is 1. The van der Waals surface area contributed by atoms with E-state index in [1.165, 1.54) is 5.56 Å². The van der Waals surface area contributed by atoms with E-state index in [0.29, 0.717) is 25.2 Å². The minimum atomic E-state index is -0.445. The average molecular weight is 383 g/mol. The average Bonchev–Trinajstić information content (AvgIpc) is 2.45. The summed E-state index contributed by atoms with van der Waals surface area (Å²) in [5.41, 5.74) is 0.838. The van der Waals surface area contributed by atoms with Gasteiger partial charge in [-0.2, -0.15) is 0 Å². The van der Waals surface area contributed by atoms with Crippen molar-refractivity contribution >= 4 is 22.0 Å². The molecule has 1 heterocycles. The standard InChI is InChI=1S/C18H27BrN2O2/c1-13-12-20(17(22)23-18(3,4)5)10-11-21(13)14(2)15-8-6-7-9-16(15)19/h6-9,13-14H,10-12H2,1-5H3. The predicted molar refractivity (Wildman–Crippen MR) is 96.5 cm³/mol. The first-order chi connectivity index (χ1) is 10.7. The molecule has 1 aromatic rings. The van der Waals surface area contributed by atoms with Crippen LogP contribution >= 0.6 is 15.9 Å². The Morgan fingerprint density at radius 3 is 2.52 bits per heavy atom. The van der Waals surface area contributed by atoms with Gasteiger partial charge in [-0.15, -0.1) is 0 Å². The number of rotatable bonds is 2. The maximum Gasteiger partial charge on any atom is 0.410 e. The number of nitrogens with zero attached hydrogens (tertiary/aromatic N) is 2. The zero-order chi connectivity index (χ0) is 17.2. The van der Waals surface area contributed by atoms with Gasteiger partial charge in [0.2, 0.25) is 0 Å². The number of hydrogen-bond donors (Lipinski definition) is 0. The van der Waals surface area contributed by atoms with Gasteiger partial charge in [0.25, 0.3) is 0 Å². The molecule has 23 heavy (non-hydrogen) atoms. The lowest BCUT2D eigenvalue weighted by Crippen LogP contribution is -2.54. The SMILES string of the molecule is CC1CN(C(=O)OC(C)(C)C)CCN1C(C)c1ccccc1Br. The van der Waals surface area contributed by atoms with Crippen molar-refractivity contribution in [3.8, 4) is 0 Å². The van der Waals surface area contributed by atoms with E-state index < -0.39 is 5.60 Å². The molecule has 1 aliphatic heterocycles. The second-order valence-electron chi connectivity index (χ2n) is 7.21. The molecule has 2 rings (SSSR count). The Labute approximate surface area is 147 Å². The molecule has 0 bridgehead atoms. The summed E-state index contributed by atoms with van der Waals surface area (Å²) in [4.78, 5) is 16.5. The monoisotopic (exact) mass is 382 g/mol. The van der Waals surface area contributed by atoms with E-state index in [0.717, 1.165) is 11.0 Å². The first kappa shape index (κ1) is 18.3. The minimum absolute atomic E-state index is 0.211. The molecule has 1 saturated heterocycles. The molecule has 1 amide bonds. The summed E-state index contributed by atoms with van der Waals surface area (Å²) in [5, 5.41) is 0. The van der Waals surface area contributed by atoms with E-state index in [4.69, 9.17) is 4.74 Å². The zero-order valence-corrected chi connectivity index (χ0v) is 16.3. The van der Waals surface area contributed by atoms with Gasteiger partial charge in [0.1, 0.15) is 5.60 Å². The highest BCUT2D eigenvalue weighted by Crippen LogP contribution is 2.30. The predicted octanol–water partition coefficient (Wildman–Crippen LogP) is 4.45. The lowest BCUT2D eigenvalue weighted by molar-refractivity contribution is -0.000765. The summed E-state index contributed by atoms with van der Waals surface area (Å²) in [6.07, 6.45) is -0.211. The number of amides is 1. The van der Waals surface area contributed by atoms with Gasteiger partial charge in [0.15, 0.2) is 0 Å². The Morgan fingerprint density at radius 2 is 1.96 bits per heavy atom. The van der Waals surface area contributed by atoms with Crippen LogP contribution in [-0.4, -0.2) is 47.2 Å². The molecule has 0 spiro atoms. The molecule has 0 radical (unpaired) electrons. The van der Waals surface area contributed by atoms with E-state index in [-0.39, 0.29) is 6.09 Å². The summed E-state index contributed by atoms with van der Waals surface area (Å²) in [5.74, 6) is 0. The third kappa shape index (κ3) is 4.70. The van der Waals surface area contributed by atoms with Crippen LogP contribution in [0.25, 0.3) is 0 Å². The molecule has 0 saturated carbocycles. The van der Waals surface area contributed by atoms with Crippen molar-refractivity contribution in [2.75, 3.05) is 19.6 Å². The smallest absolute Gasteiger partial charge is 0.410 e. The lowest BCUT2D eigenvalue weighted by atomic mass is 10.0. The van der Waals surface area contributed by atoms with E-state index in [1.807, 2.05) is 31.7 Å². The topological polar surface area (TPSA) is 32.8 Å². The van der Waals surface area contributed by atoms with E-state index in [1.54, 1.807) is 0 Å². The number of carbonyl (C=O) groups is 1. The molecule has 1 aromatic carbocycles. The largest absolute Gasteiger partial charge is 0.444 e. The molecule has 1 fully saturated rings. The maximum atomic E-state index is 12.2. The van der Waals surface area contributed by atoms with Gasteiger partial charge in [0, 0.05) is 36.2 Å². The Kier molecular flexibility index (Phi) is 5.74. The maximum absolute atomic E-state index is 12.2. The second kappa shape index (κ2) is 7.22. The van der Waals surface area contributed by atoms with Crippen LogP contribution in [-0.2, 0) is 4.74 Å². The van der Waals surface area contributed by atoms with Crippen LogP contribution < -0.4 is 0 Å². The van der Waals surface area contributed by atoms with Gasteiger partial charge in [-0.25, -0.2) is 4.79 Å². The molecular formula is C18H27BrN2O2. The lowest BCUT2D eigenvalue weighted by Gasteiger charge is -2.43. The van der Waals surface area contributed by atoms with Gasteiger partial charge in [0.05, 0.1) is 0 Å². The van der Waals surface area contributed by atoms with Crippen LogP contribution in [0.2, 0.25) is 0 Å². The molecule has 2 atom stereocenters. The highest BCUT2D eigenvalue weighted by Gasteiger charge is 2.32. The van der Waals surface area contributed by atoms with Crippen LogP contribution in [0.5, 0.6) is 0 Å². The quantitative estimate of drug-likeness (QED) is 0.757. The van der Waals surface area contributed by atoms with Gasteiger partial charge in [-0.05, 0) is 46.2 Å². The fourth-order valence-electron chi connectivity index (χ4n) is 3.03. The summed E-state index contributed by atoms with van der Waals surface area (Å²) in [7, 11) is 0. The van der Waals surface area contributed by atoms with Crippen LogP contribution in [0, 0.1) is 0 Å². The molecule has 1 aliphatic rings. The first-order valence-electron chi connectivity index (χ1n) is 8.17. The Balaban J connectivity index is 2.02. The van der Waals surface area contributed by atoms with Crippen LogP contribution in [0.4, 0.5) is 4.79 Å². The van der Waals surface area contributed by atoms with Crippen LogP contribution in [0.15, 0.2) is 28.7 Å². The summed E-state index contributed by atoms with van der Waals surface area (Å²) in [6, 6.07) is 8.93. The van der Waals surface area contributed by atoms with E-state index in [9.17, 15) is 4.79 Å². The van der Waals surface area contributed by atoms with E-state index >= 15 is 0 Å². The normalized spacial score (nSPS) is 21.1. The fourth-order valence-corrected chi connectivity index (χ4v) is 3.65. The number of piperazine rings is 1. The molecule has 5 heteroatoms. The van der Waals surface area contributed by atoms with Crippen molar-refractivity contribution in [1.29, 1.82) is 0 Å². The van der Waals surface area contributed by atoms with Gasteiger partial charge in [-0.3, -0.25) is 4.90 Å². The first-order valence-corrected chi connectivity index (χ1v) is 8.96. The van der Waals surface area contributed by atoms with Crippen LogP contribution in [0.3, 0.4) is 0 Å². The molecule has 0 aromatic heterocycles. The number of ether oxygens (including phenoxy) is 1. The Bertz CT molecular complexity index is 556. The summed E-state index contributed by atoms with van der Waals surface area (Å²) >= 11 is 3.64. The Morgan fingerprint density at radius 1 is 1.30 bits per heavy atom. The van der Waals surface area contributed by atoms with Crippen molar-refractivity contribution < 1.29 is 9.53 Å². The summed E-state index contributed by atoms with van der Waals surface area (Å²) in [6.45, 7) is 12.4. The highest BCUT2D eigenvalue weighted by molar-refractivity contribution is 9.10. The van der Waals surface area contributed by atoms with Gasteiger partial charge in [-0.1, -0.05) is 34.1 Å². The third-order valence-corrected chi connectivity index (χ3v) is 4.91. The van der Waals surface area contributed by atoms with Crippen LogP contribution in [0.1, 0.15) is 46.2 Å². The zero-order valence-electron chi connectivity index (χ0n) is 14.7. The van der Waals surface area contributed by atoms with Crippen molar-refractivity contribution in [1.82, 2.24) is 9.80 Å². The highest BCUT2D eigenvalue weighted by atomic mass is 79.9. The number of benzene rings is 1. The molecule has 0 aliphatic carbocycles. The fraction of sp³-hybridized carbons (Fsp3) is 0.611. The van der Waals surface area contributed by atoms with E-state index in [2.05, 4.69) is 52.9 Å². The second-order valence-corrected chi connectivity index (χ2v) is 8.07. The molecule has 2 unspecified atom stereocenters. The minimum Gasteiger partial charge on any atom is -0.444 e. The summed E-state index contributed by atoms with van der Waals surface area (Å²) < 4.78 is 6.62. The van der Waals surface area contributed by atoms with Gasteiger partial charge >= 0.3 is 6.09 Å². The molecule has 128 valence electrons. The molecular weight excluding hydrogens is 356 g/mol. The van der Waals surface area contributed by atoms with Crippen molar-refractivity contribution in [3.63, 3.8) is 0 Å². The molecule has 0 N–H and O–H groups in total. The van der Waals surface area contributed by atoms with Crippen molar-refractivity contribution in [3.05, 3.63) is 34.3 Å².